The second kappa shape index (κ2) is 8.95. The molecule has 0 saturated carbocycles. The van der Waals surface area contributed by atoms with Crippen LogP contribution in [0.1, 0.15) is 44.3 Å². The summed E-state index contributed by atoms with van der Waals surface area (Å²) in [5.41, 5.74) is 0. The van der Waals surface area contributed by atoms with Crippen molar-refractivity contribution in [3.05, 3.63) is 30.2 Å². The molecule has 0 bridgehead atoms. The number of carbonyl (C=O) groups is 2. The summed E-state index contributed by atoms with van der Waals surface area (Å²) in [6.45, 7) is 5.49. The standard InChI is InChI=1S/C22H31N3O3/c26-21-7-2-12-24(21)13-4-14-25-20-10-15-23(17-18(20)8-9-22(25)27)11-1-5-19-6-3-16-28-19/h1,3,5-6,16,18,20H,2,4,7-15,17H2/b5-1+/t18-,20+/m1/s1. The number of nitrogens with zero attached hydrogens (tertiary/aromatic N) is 3. The monoisotopic (exact) mass is 385 g/mol. The van der Waals surface area contributed by atoms with Crippen molar-refractivity contribution in [2.45, 2.75) is 44.6 Å². The molecule has 4 rings (SSSR count). The topological polar surface area (TPSA) is 57.0 Å². The molecule has 0 unspecified atom stereocenters. The van der Waals surface area contributed by atoms with E-state index in [1.807, 2.05) is 23.1 Å². The van der Waals surface area contributed by atoms with E-state index in [1.165, 1.54) is 0 Å². The number of amides is 2. The quantitative estimate of drug-likeness (QED) is 0.724. The maximum Gasteiger partial charge on any atom is 0.222 e. The zero-order chi connectivity index (χ0) is 19.3. The smallest absolute Gasteiger partial charge is 0.222 e. The Morgan fingerprint density at radius 1 is 1.11 bits per heavy atom. The minimum Gasteiger partial charge on any atom is -0.465 e. The minimum absolute atomic E-state index is 0.277. The Labute approximate surface area is 167 Å². The van der Waals surface area contributed by atoms with Crippen molar-refractivity contribution in [1.29, 1.82) is 0 Å². The van der Waals surface area contributed by atoms with Gasteiger partial charge in [-0.15, -0.1) is 0 Å². The number of piperidine rings is 2. The van der Waals surface area contributed by atoms with Crippen molar-refractivity contribution in [2.24, 2.45) is 5.92 Å². The maximum absolute atomic E-state index is 12.5. The predicted octanol–water partition coefficient (Wildman–Crippen LogP) is 2.62. The molecule has 152 valence electrons. The van der Waals surface area contributed by atoms with Crippen LogP contribution >= 0.6 is 0 Å². The summed E-state index contributed by atoms with van der Waals surface area (Å²) in [5, 5.41) is 0. The average molecular weight is 386 g/mol. The Morgan fingerprint density at radius 3 is 2.82 bits per heavy atom. The van der Waals surface area contributed by atoms with E-state index in [1.54, 1.807) is 6.26 Å². The van der Waals surface area contributed by atoms with E-state index in [4.69, 9.17) is 4.42 Å². The predicted molar refractivity (Wildman–Crippen MR) is 107 cm³/mol. The van der Waals surface area contributed by atoms with Crippen LogP contribution in [0.5, 0.6) is 0 Å². The van der Waals surface area contributed by atoms with Crippen molar-refractivity contribution in [1.82, 2.24) is 14.7 Å². The van der Waals surface area contributed by atoms with Gasteiger partial charge in [0.05, 0.1) is 6.26 Å². The highest BCUT2D eigenvalue weighted by molar-refractivity contribution is 5.78. The second-order valence-electron chi connectivity index (χ2n) is 8.26. The number of carbonyl (C=O) groups excluding carboxylic acids is 2. The summed E-state index contributed by atoms with van der Waals surface area (Å²) in [4.78, 5) is 30.9. The molecule has 3 fully saturated rings. The van der Waals surface area contributed by atoms with Crippen LogP contribution in [0, 0.1) is 5.92 Å². The zero-order valence-electron chi connectivity index (χ0n) is 16.6. The SMILES string of the molecule is O=C1CCCN1CCCN1C(=O)CC[C@@H]2CN(C/C=C/c3ccco3)CC[C@@H]21. The zero-order valence-corrected chi connectivity index (χ0v) is 16.6. The normalized spacial score (nSPS) is 26.4. The molecule has 6 heteroatoms. The number of hydrogen-bond acceptors (Lipinski definition) is 4. The van der Waals surface area contributed by atoms with Crippen LogP contribution in [0.4, 0.5) is 0 Å². The van der Waals surface area contributed by atoms with Gasteiger partial charge in [0.25, 0.3) is 0 Å². The van der Waals surface area contributed by atoms with Crippen LogP contribution in [0.15, 0.2) is 28.9 Å². The number of likely N-dealkylation sites (tertiary alicyclic amines) is 3. The lowest BCUT2D eigenvalue weighted by Crippen LogP contribution is -2.56. The lowest BCUT2D eigenvalue weighted by Gasteiger charge is -2.47. The molecule has 0 aromatic carbocycles. The summed E-state index contributed by atoms with van der Waals surface area (Å²) < 4.78 is 5.34. The van der Waals surface area contributed by atoms with Gasteiger partial charge in [-0.1, -0.05) is 6.08 Å². The van der Waals surface area contributed by atoms with E-state index in [2.05, 4.69) is 15.9 Å². The number of rotatable bonds is 7. The fourth-order valence-corrected chi connectivity index (χ4v) is 4.96. The minimum atomic E-state index is 0.277. The molecular formula is C22H31N3O3. The van der Waals surface area contributed by atoms with Gasteiger partial charge < -0.3 is 14.2 Å². The summed E-state index contributed by atoms with van der Waals surface area (Å²) in [6.07, 6.45) is 11.2. The summed E-state index contributed by atoms with van der Waals surface area (Å²) >= 11 is 0. The number of hydrogen-bond donors (Lipinski definition) is 0. The Bertz CT molecular complexity index is 700. The molecule has 1 aromatic heterocycles. The molecule has 3 saturated heterocycles. The van der Waals surface area contributed by atoms with Crippen molar-refractivity contribution >= 4 is 17.9 Å². The molecular weight excluding hydrogens is 354 g/mol. The Balaban J connectivity index is 1.26. The molecule has 3 aliphatic heterocycles. The van der Waals surface area contributed by atoms with Crippen LogP contribution in [-0.4, -0.2) is 71.8 Å². The van der Waals surface area contributed by atoms with Gasteiger partial charge in [0.1, 0.15) is 5.76 Å². The second-order valence-corrected chi connectivity index (χ2v) is 8.26. The van der Waals surface area contributed by atoms with E-state index in [-0.39, 0.29) is 5.91 Å². The third kappa shape index (κ3) is 4.49. The third-order valence-electron chi connectivity index (χ3n) is 6.41. The molecule has 2 atom stereocenters. The Morgan fingerprint density at radius 2 is 2.04 bits per heavy atom. The third-order valence-corrected chi connectivity index (χ3v) is 6.41. The van der Waals surface area contributed by atoms with Gasteiger partial charge in [0, 0.05) is 58.2 Å². The molecule has 1 aromatic rings. The van der Waals surface area contributed by atoms with E-state index in [0.29, 0.717) is 30.7 Å². The van der Waals surface area contributed by atoms with Gasteiger partial charge >= 0.3 is 0 Å². The highest BCUT2D eigenvalue weighted by Gasteiger charge is 2.38. The molecule has 6 nitrogen and oxygen atoms in total. The molecule has 28 heavy (non-hydrogen) atoms. The molecule has 0 spiro atoms. The Hall–Kier alpha value is -2.08. The average Bonchev–Trinajstić information content (AvgIpc) is 3.35. The van der Waals surface area contributed by atoms with Gasteiger partial charge in [-0.3, -0.25) is 14.5 Å². The molecule has 2 amide bonds. The highest BCUT2D eigenvalue weighted by Crippen LogP contribution is 2.31. The highest BCUT2D eigenvalue weighted by atomic mass is 16.3. The summed E-state index contributed by atoms with van der Waals surface area (Å²) in [6, 6.07) is 4.24. The fraction of sp³-hybridized carbons (Fsp3) is 0.636. The van der Waals surface area contributed by atoms with E-state index < -0.39 is 0 Å². The van der Waals surface area contributed by atoms with E-state index in [0.717, 1.165) is 70.7 Å². The molecule has 3 aliphatic rings. The van der Waals surface area contributed by atoms with Crippen LogP contribution < -0.4 is 0 Å². The van der Waals surface area contributed by atoms with Crippen LogP contribution in [0.3, 0.4) is 0 Å². The first kappa shape index (κ1) is 19.2. The van der Waals surface area contributed by atoms with Gasteiger partial charge in [-0.05, 0) is 49.8 Å². The van der Waals surface area contributed by atoms with Gasteiger partial charge in [0.15, 0.2) is 0 Å². The van der Waals surface area contributed by atoms with Crippen LogP contribution in [0.2, 0.25) is 0 Å². The number of fused-ring (bicyclic) bond motifs is 1. The van der Waals surface area contributed by atoms with E-state index >= 15 is 0 Å². The van der Waals surface area contributed by atoms with Crippen LogP contribution in [-0.2, 0) is 9.59 Å². The lowest BCUT2D eigenvalue weighted by atomic mass is 9.83. The number of furan rings is 1. The van der Waals surface area contributed by atoms with E-state index in [9.17, 15) is 9.59 Å². The van der Waals surface area contributed by atoms with Crippen molar-refractivity contribution < 1.29 is 14.0 Å². The Kier molecular flexibility index (Phi) is 6.15. The van der Waals surface area contributed by atoms with Crippen molar-refractivity contribution in [3.8, 4) is 0 Å². The van der Waals surface area contributed by atoms with Gasteiger partial charge in [-0.2, -0.15) is 0 Å². The van der Waals surface area contributed by atoms with Crippen molar-refractivity contribution in [3.63, 3.8) is 0 Å². The summed E-state index contributed by atoms with van der Waals surface area (Å²) in [5.74, 6) is 2.04. The molecule has 0 radical (unpaired) electrons. The first-order valence-corrected chi connectivity index (χ1v) is 10.7. The first-order chi connectivity index (χ1) is 13.7. The van der Waals surface area contributed by atoms with Crippen molar-refractivity contribution in [2.75, 3.05) is 39.3 Å². The van der Waals surface area contributed by atoms with Gasteiger partial charge in [0.2, 0.25) is 11.8 Å². The largest absolute Gasteiger partial charge is 0.465 e. The maximum atomic E-state index is 12.5. The van der Waals surface area contributed by atoms with Crippen LogP contribution in [0.25, 0.3) is 6.08 Å². The first-order valence-electron chi connectivity index (χ1n) is 10.7. The summed E-state index contributed by atoms with van der Waals surface area (Å²) in [7, 11) is 0. The lowest BCUT2D eigenvalue weighted by molar-refractivity contribution is -0.141. The molecule has 0 N–H and O–H groups in total. The fourth-order valence-electron chi connectivity index (χ4n) is 4.96. The van der Waals surface area contributed by atoms with Gasteiger partial charge in [-0.25, -0.2) is 0 Å². The molecule has 0 aliphatic carbocycles. The molecule has 4 heterocycles.